The van der Waals surface area contributed by atoms with Crippen LogP contribution >= 0.6 is 0 Å². The molecule has 2 aliphatic heterocycles. The summed E-state index contributed by atoms with van der Waals surface area (Å²) in [5.41, 5.74) is 1.79. The van der Waals surface area contributed by atoms with E-state index < -0.39 is 12.0 Å². The number of benzene rings is 1. The van der Waals surface area contributed by atoms with Crippen molar-refractivity contribution in [3.63, 3.8) is 0 Å². The molecule has 1 atom stereocenters. The normalized spacial score (nSPS) is 19.6. The number of ether oxygens (including phenoxy) is 3. The molecular weight excluding hydrogens is 438 g/mol. The first kappa shape index (κ1) is 25.6. The second kappa shape index (κ2) is 11.9. The maximum Gasteiger partial charge on any atom is 0.338 e. The lowest BCUT2D eigenvalue weighted by molar-refractivity contribution is -0.149. The maximum atomic E-state index is 13.2. The van der Waals surface area contributed by atoms with Gasteiger partial charge in [-0.05, 0) is 64.4 Å². The Balaban J connectivity index is 1.94. The average molecular weight is 474 g/mol. The second-order valence-corrected chi connectivity index (χ2v) is 8.29. The first-order chi connectivity index (χ1) is 16.4. The van der Waals surface area contributed by atoms with Crippen LogP contribution in [0.2, 0.25) is 0 Å². The zero-order valence-electron chi connectivity index (χ0n) is 20.5. The van der Waals surface area contributed by atoms with E-state index in [4.69, 9.17) is 14.2 Å². The van der Waals surface area contributed by atoms with Crippen LogP contribution in [0.25, 0.3) is 0 Å². The molecule has 0 aliphatic carbocycles. The van der Waals surface area contributed by atoms with E-state index in [0.717, 1.165) is 5.56 Å². The van der Waals surface area contributed by atoms with Gasteiger partial charge in [-0.25, -0.2) is 9.59 Å². The fourth-order valence-corrected chi connectivity index (χ4v) is 4.53. The van der Waals surface area contributed by atoms with Gasteiger partial charge in [-0.2, -0.15) is 0 Å². The highest BCUT2D eigenvalue weighted by atomic mass is 16.5. The van der Waals surface area contributed by atoms with Crippen LogP contribution < -0.4 is 10.1 Å². The molecule has 1 saturated heterocycles. The molecule has 1 aromatic carbocycles. The number of likely N-dealkylation sites (N-methyl/N-ethyl adjacent to an activating group) is 1. The molecule has 2 amide bonds. The maximum absolute atomic E-state index is 13.2. The number of likely N-dealkylation sites (tertiary alicyclic amines) is 1. The largest absolute Gasteiger partial charge is 0.497 e. The van der Waals surface area contributed by atoms with E-state index in [9.17, 15) is 14.4 Å². The van der Waals surface area contributed by atoms with Gasteiger partial charge in [0.1, 0.15) is 5.75 Å². The van der Waals surface area contributed by atoms with Gasteiger partial charge in [0.2, 0.25) is 0 Å². The second-order valence-electron chi connectivity index (χ2n) is 8.29. The quantitative estimate of drug-likeness (QED) is 0.551. The third-order valence-corrected chi connectivity index (χ3v) is 6.26. The molecule has 1 unspecified atom stereocenters. The minimum atomic E-state index is -0.656. The number of carbonyl (C=O) groups is 3. The number of urea groups is 1. The lowest BCUT2D eigenvalue weighted by Gasteiger charge is -2.39. The molecule has 186 valence electrons. The summed E-state index contributed by atoms with van der Waals surface area (Å²) in [6, 6.07) is 6.39. The molecule has 2 aliphatic rings. The summed E-state index contributed by atoms with van der Waals surface area (Å²) in [4.78, 5) is 42.2. The predicted octanol–water partition coefficient (Wildman–Crippen LogP) is 2.87. The molecule has 0 bridgehead atoms. The molecule has 1 fully saturated rings. The smallest absolute Gasteiger partial charge is 0.338 e. The van der Waals surface area contributed by atoms with Crippen molar-refractivity contribution in [2.75, 3.05) is 46.5 Å². The highest BCUT2D eigenvalue weighted by Crippen LogP contribution is 2.34. The predicted molar refractivity (Wildman–Crippen MR) is 126 cm³/mol. The Morgan fingerprint density at radius 1 is 1.09 bits per heavy atom. The Morgan fingerprint density at radius 3 is 2.41 bits per heavy atom. The van der Waals surface area contributed by atoms with E-state index in [1.165, 1.54) is 0 Å². The van der Waals surface area contributed by atoms with Crippen molar-refractivity contribution in [1.29, 1.82) is 0 Å². The molecular formula is C25H35N3O6. The van der Waals surface area contributed by atoms with Gasteiger partial charge in [0, 0.05) is 18.8 Å². The van der Waals surface area contributed by atoms with Gasteiger partial charge >= 0.3 is 18.0 Å². The highest BCUT2D eigenvalue weighted by molar-refractivity contribution is 5.95. The highest BCUT2D eigenvalue weighted by Gasteiger charge is 2.39. The van der Waals surface area contributed by atoms with Gasteiger partial charge in [0.15, 0.2) is 0 Å². The number of hydrogen-bond donors (Lipinski definition) is 1. The number of methoxy groups -OCH3 is 1. The number of carbonyl (C=O) groups excluding carboxylic acids is 3. The minimum Gasteiger partial charge on any atom is -0.497 e. The van der Waals surface area contributed by atoms with Crippen molar-refractivity contribution in [2.45, 2.75) is 39.7 Å². The third kappa shape index (κ3) is 5.70. The Morgan fingerprint density at radius 2 is 1.79 bits per heavy atom. The van der Waals surface area contributed by atoms with E-state index in [-0.39, 0.29) is 24.5 Å². The molecule has 2 heterocycles. The SMILES string of the molecule is CCOC(=O)C1=C(CN2CCC(C(=O)OCC)CC2)N(CC)C(=O)NC1c1cccc(OC)c1. The zero-order chi connectivity index (χ0) is 24.7. The van der Waals surface area contributed by atoms with E-state index in [1.54, 1.807) is 18.9 Å². The summed E-state index contributed by atoms with van der Waals surface area (Å²) < 4.78 is 16.0. The molecule has 0 saturated carbocycles. The van der Waals surface area contributed by atoms with Gasteiger partial charge in [-0.15, -0.1) is 0 Å². The first-order valence-corrected chi connectivity index (χ1v) is 11.9. The number of esters is 2. The summed E-state index contributed by atoms with van der Waals surface area (Å²) in [6.45, 7) is 8.21. The molecule has 1 aromatic rings. The third-order valence-electron chi connectivity index (χ3n) is 6.26. The Kier molecular flexibility index (Phi) is 8.92. The van der Waals surface area contributed by atoms with Gasteiger partial charge in [-0.1, -0.05) is 12.1 Å². The molecule has 3 rings (SSSR count). The van der Waals surface area contributed by atoms with Crippen molar-refractivity contribution in [3.05, 3.63) is 41.1 Å². The Hall–Kier alpha value is -3.07. The molecule has 0 aromatic heterocycles. The fourth-order valence-electron chi connectivity index (χ4n) is 4.53. The molecule has 9 heteroatoms. The van der Waals surface area contributed by atoms with Crippen molar-refractivity contribution >= 4 is 18.0 Å². The number of amides is 2. The van der Waals surface area contributed by atoms with Crippen LogP contribution in [-0.4, -0.2) is 74.3 Å². The van der Waals surface area contributed by atoms with Crippen molar-refractivity contribution in [1.82, 2.24) is 15.1 Å². The summed E-state index contributed by atoms with van der Waals surface area (Å²) in [7, 11) is 1.57. The number of rotatable bonds is 9. The van der Waals surface area contributed by atoms with Crippen LogP contribution in [0.4, 0.5) is 4.79 Å². The minimum absolute atomic E-state index is 0.115. The molecule has 0 radical (unpaired) electrons. The van der Waals surface area contributed by atoms with Gasteiger partial charge in [-0.3, -0.25) is 14.6 Å². The number of nitrogens with zero attached hydrogens (tertiary/aromatic N) is 2. The zero-order valence-corrected chi connectivity index (χ0v) is 20.5. The number of hydrogen-bond acceptors (Lipinski definition) is 7. The topological polar surface area (TPSA) is 97.4 Å². The lowest BCUT2D eigenvalue weighted by Crippen LogP contribution is -2.51. The molecule has 9 nitrogen and oxygen atoms in total. The van der Waals surface area contributed by atoms with Crippen LogP contribution in [0.15, 0.2) is 35.5 Å². The molecule has 34 heavy (non-hydrogen) atoms. The monoisotopic (exact) mass is 473 g/mol. The fraction of sp³-hybridized carbons (Fsp3) is 0.560. The molecule has 0 spiro atoms. The van der Waals surface area contributed by atoms with Crippen LogP contribution in [0.5, 0.6) is 5.75 Å². The van der Waals surface area contributed by atoms with Crippen LogP contribution in [0.3, 0.4) is 0 Å². The first-order valence-electron chi connectivity index (χ1n) is 11.9. The van der Waals surface area contributed by atoms with Crippen LogP contribution in [0.1, 0.15) is 45.2 Å². The van der Waals surface area contributed by atoms with E-state index in [0.29, 0.717) is 62.6 Å². The average Bonchev–Trinajstić information content (AvgIpc) is 2.84. The van der Waals surface area contributed by atoms with E-state index in [1.807, 2.05) is 38.1 Å². The standard InChI is InChI=1S/C25H35N3O6/c1-5-28-20(16-27-13-11-17(12-14-27)23(29)33-6-2)21(24(30)34-7-3)22(26-25(28)31)18-9-8-10-19(15-18)32-4/h8-10,15,17,22H,5-7,11-14,16H2,1-4H3,(H,26,31). The summed E-state index contributed by atoms with van der Waals surface area (Å²) in [5, 5.41) is 2.97. The van der Waals surface area contributed by atoms with Gasteiger partial charge in [0.25, 0.3) is 0 Å². The number of nitrogens with one attached hydrogen (secondary N) is 1. The van der Waals surface area contributed by atoms with Crippen molar-refractivity contribution in [3.8, 4) is 5.75 Å². The van der Waals surface area contributed by atoms with Crippen LogP contribution in [0, 0.1) is 5.92 Å². The molecule has 1 N–H and O–H groups in total. The van der Waals surface area contributed by atoms with Gasteiger partial charge < -0.3 is 19.5 Å². The van der Waals surface area contributed by atoms with E-state index in [2.05, 4.69) is 10.2 Å². The van der Waals surface area contributed by atoms with Crippen molar-refractivity contribution in [2.24, 2.45) is 5.92 Å². The Bertz CT molecular complexity index is 923. The summed E-state index contributed by atoms with van der Waals surface area (Å²) >= 11 is 0. The van der Waals surface area contributed by atoms with Gasteiger partial charge in [0.05, 0.1) is 37.9 Å². The Labute approximate surface area is 201 Å². The van der Waals surface area contributed by atoms with Crippen molar-refractivity contribution < 1.29 is 28.6 Å². The summed E-state index contributed by atoms with van der Waals surface area (Å²) in [5.74, 6) is -0.0873. The van der Waals surface area contributed by atoms with Crippen LogP contribution in [-0.2, 0) is 19.1 Å². The van der Waals surface area contributed by atoms with E-state index >= 15 is 0 Å². The number of piperidine rings is 1. The lowest BCUT2D eigenvalue weighted by atomic mass is 9.93. The summed E-state index contributed by atoms with van der Waals surface area (Å²) in [6.07, 6.45) is 1.36.